The highest BCUT2D eigenvalue weighted by atomic mass is 16.3. The van der Waals surface area contributed by atoms with E-state index in [0.29, 0.717) is 5.92 Å². The maximum Gasteiger partial charge on any atom is 0.159 e. The van der Waals surface area contributed by atoms with Gasteiger partial charge >= 0.3 is 0 Å². The van der Waals surface area contributed by atoms with Crippen LogP contribution in [0.15, 0.2) is 67.0 Å². The summed E-state index contributed by atoms with van der Waals surface area (Å²) in [5, 5.41) is 21.5. The van der Waals surface area contributed by atoms with Crippen molar-refractivity contribution in [2.75, 3.05) is 55.6 Å². The fourth-order valence-electron chi connectivity index (χ4n) is 5.78. The molecule has 0 amide bonds. The minimum absolute atomic E-state index is 0.138. The summed E-state index contributed by atoms with van der Waals surface area (Å²) in [6.07, 6.45) is 6.23. The Morgan fingerprint density at radius 2 is 1.49 bits per heavy atom. The van der Waals surface area contributed by atoms with Gasteiger partial charge in [0.2, 0.25) is 0 Å². The van der Waals surface area contributed by atoms with Gasteiger partial charge < -0.3 is 19.8 Å². The summed E-state index contributed by atoms with van der Waals surface area (Å²) in [7, 11) is 0. The minimum Gasteiger partial charge on any atom is -0.393 e. The topological polar surface area (TPSA) is 81.5 Å². The number of benzene rings is 2. The quantitative estimate of drug-likeness (QED) is 0.391. The molecule has 8 nitrogen and oxygen atoms in total. The average Bonchev–Trinajstić information content (AvgIpc) is 2.99. The maximum absolute atomic E-state index is 9.76. The molecule has 0 spiro atoms. The molecular formula is C31H37N7O. The van der Waals surface area contributed by atoms with Gasteiger partial charge in [-0.1, -0.05) is 61.5 Å². The van der Waals surface area contributed by atoms with Crippen molar-refractivity contribution in [3.8, 4) is 0 Å². The molecule has 6 rings (SSSR count). The summed E-state index contributed by atoms with van der Waals surface area (Å²) >= 11 is 0. The van der Waals surface area contributed by atoms with E-state index >= 15 is 0 Å². The third-order valence-corrected chi connectivity index (χ3v) is 8.11. The second-order valence-corrected chi connectivity index (χ2v) is 10.9. The number of aliphatic hydroxyl groups excluding tert-OH is 1. The first kappa shape index (κ1) is 25.6. The van der Waals surface area contributed by atoms with Gasteiger partial charge in [0, 0.05) is 68.9 Å². The molecule has 2 aromatic heterocycles. The summed E-state index contributed by atoms with van der Waals surface area (Å²) in [6.45, 7) is 8.52. The molecule has 4 aromatic rings. The summed E-state index contributed by atoms with van der Waals surface area (Å²) in [5.74, 6) is 2.21. The highest BCUT2D eigenvalue weighted by Crippen LogP contribution is 2.28. The van der Waals surface area contributed by atoms with E-state index in [1.165, 1.54) is 10.9 Å². The van der Waals surface area contributed by atoms with Gasteiger partial charge in [-0.05, 0) is 18.4 Å². The van der Waals surface area contributed by atoms with Crippen molar-refractivity contribution in [1.82, 2.24) is 25.1 Å². The molecule has 1 unspecified atom stereocenters. The molecule has 1 atom stereocenters. The van der Waals surface area contributed by atoms with Crippen molar-refractivity contribution in [1.29, 1.82) is 0 Å². The number of hydrogen-bond acceptors (Lipinski definition) is 8. The van der Waals surface area contributed by atoms with E-state index in [0.717, 1.165) is 93.5 Å². The van der Waals surface area contributed by atoms with Gasteiger partial charge in [0.05, 0.1) is 29.9 Å². The first-order valence-electron chi connectivity index (χ1n) is 14.1. The van der Waals surface area contributed by atoms with E-state index in [2.05, 4.69) is 75.3 Å². The fourth-order valence-corrected chi connectivity index (χ4v) is 5.78. The molecule has 4 heterocycles. The number of piperazine rings is 1. The molecule has 2 aromatic carbocycles. The van der Waals surface area contributed by atoms with Gasteiger partial charge in [-0.3, -0.25) is 4.98 Å². The van der Waals surface area contributed by atoms with Crippen LogP contribution in [-0.2, 0) is 6.42 Å². The van der Waals surface area contributed by atoms with Crippen molar-refractivity contribution < 1.29 is 5.11 Å². The number of rotatable bonds is 7. The van der Waals surface area contributed by atoms with Crippen LogP contribution in [0.5, 0.6) is 0 Å². The van der Waals surface area contributed by atoms with Crippen LogP contribution in [0.4, 0.5) is 11.6 Å². The molecule has 39 heavy (non-hydrogen) atoms. The minimum atomic E-state index is -0.138. The van der Waals surface area contributed by atoms with Crippen molar-refractivity contribution in [3.05, 3.63) is 83.9 Å². The van der Waals surface area contributed by atoms with Crippen molar-refractivity contribution in [2.45, 2.75) is 38.2 Å². The van der Waals surface area contributed by atoms with Crippen LogP contribution in [0.3, 0.4) is 0 Å². The fraction of sp³-hybridized carbons (Fsp3) is 0.419. The van der Waals surface area contributed by atoms with E-state index in [4.69, 9.17) is 15.1 Å². The van der Waals surface area contributed by atoms with Crippen molar-refractivity contribution >= 4 is 22.4 Å². The zero-order valence-corrected chi connectivity index (χ0v) is 22.7. The van der Waals surface area contributed by atoms with Crippen LogP contribution in [0.2, 0.25) is 0 Å². The highest BCUT2D eigenvalue weighted by Gasteiger charge is 2.23. The Morgan fingerprint density at radius 3 is 2.21 bits per heavy atom. The first-order valence-corrected chi connectivity index (χ1v) is 14.1. The summed E-state index contributed by atoms with van der Waals surface area (Å²) in [4.78, 5) is 16.6. The SMILES string of the molecule is CC(CN1CCC(O)CC1)c1cnc(N2CCN(c3nnc(Cc4ccccc4)c4ccccc34)CC2)cn1. The summed E-state index contributed by atoms with van der Waals surface area (Å²) in [5.41, 5.74) is 3.29. The van der Waals surface area contributed by atoms with E-state index in [-0.39, 0.29) is 6.10 Å². The molecule has 2 aliphatic rings. The van der Waals surface area contributed by atoms with E-state index in [1.807, 2.05) is 18.5 Å². The van der Waals surface area contributed by atoms with Crippen LogP contribution >= 0.6 is 0 Å². The van der Waals surface area contributed by atoms with Gasteiger partial charge in [-0.2, -0.15) is 5.10 Å². The summed E-state index contributed by atoms with van der Waals surface area (Å²) in [6, 6.07) is 19.0. The molecule has 0 radical (unpaired) electrons. The largest absolute Gasteiger partial charge is 0.393 e. The predicted octanol–water partition coefficient (Wildman–Crippen LogP) is 3.90. The van der Waals surface area contributed by atoms with Gasteiger partial charge in [-0.25, -0.2) is 4.98 Å². The second kappa shape index (κ2) is 11.6. The molecule has 1 N–H and O–H groups in total. The van der Waals surface area contributed by atoms with Gasteiger partial charge in [0.25, 0.3) is 0 Å². The lowest BCUT2D eigenvalue weighted by atomic mass is 10.0. The molecule has 2 fully saturated rings. The number of likely N-dealkylation sites (tertiary alicyclic amines) is 1. The zero-order chi connectivity index (χ0) is 26.6. The van der Waals surface area contributed by atoms with Gasteiger partial charge in [0.1, 0.15) is 5.82 Å². The smallest absolute Gasteiger partial charge is 0.159 e. The zero-order valence-electron chi connectivity index (χ0n) is 22.7. The Bertz CT molecular complexity index is 1370. The Balaban J connectivity index is 1.09. The number of anilines is 2. The molecule has 202 valence electrons. The molecule has 0 aliphatic carbocycles. The average molecular weight is 524 g/mol. The van der Waals surface area contributed by atoms with Crippen LogP contribution in [0, 0.1) is 0 Å². The van der Waals surface area contributed by atoms with Crippen LogP contribution in [0.1, 0.15) is 42.6 Å². The van der Waals surface area contributed by atoms with Crippen molar-refractivity contribution in [3.63, 3.8) is 0 Å². The number of aliphatic hydroxyl groups is 1. The van der Waals surface area contributed by atoms with Gasteiger partial charge in [0.15, 0.2) is 5.82 Å². The molecule has 2 saturated heterocycles. The van der Waals surface area contributed by atoms with E-state index < -0.39 is 0 Å². The Labute approximate surface area is 230 Å². The molecular weight excluding hydrogens is 486 g/mol. The van der Waals surface area contributed by atoms with Crippen LogP contribution in [-0.4, -0.2) is 82.1 Å². The number of nitrogens with zero attached hydrogens (tertiary/aromatic N) is 7. The van der Waals surface area contributed by atoms with Crippen LogP contribution in [0.25, 0.3) is 10.8 Å². The van der Waals surface area contributed by atoms with Crippen molar-refractivity contribution in [2.24, 2.45) is 0 Å². The third-order valence-electron chi connectivity index (χ3n) is 8.11. The van der Waals surface area contributed by atoms with Crippen LogP contribution < -0.4 is 9.80 Å². The summed E-state index contributed by atoms with van der Waals surface area (Å²) < 4.78 is 0. The standard InChI is InChI=1S/C31H37N7O/c1-23(22-36-13-11-25(39)12-14-36)29-20-33-30(21-32-29)37-15-17-38(18-16-37)31-27-10-6-5-9-26(27)28(34-35-31)19-24-7-3-2-4-8-24/h2-10,20-21,23,25,39H,11-19,22H2,1H3. The monoisotopic (exact) mass is 523 g/mol. The normalized spacial score (nSPS) is 18.0. The molecule has 8 heteroatoms. The number of aromatic nitrogens is 4. The number of hydrogen-bond donors (Lipinski definition) is 1. The Kier molecular flexibility index (Phi) is 7.65. The van der Waals surface area contributed by atoms with E-state index in [1.54, 1.807) is 0 Å². The second-order valence-electron chi connectivity index (χ2n) is 10.9. The molecule has 0 bridgehead atoms. The molecule has 2 aliphatic heterocycles. The van der Waals surface area contributed by atoms with E-state index in [9.17, 15) is 5.11 Å². The van der Waals surface area contributed by atoms with Gasteiger partial charge in [-0.15, -0.1) is 5.10 Å². The predicted molar refractivity (Wildman–Crippen MR) is 155 cm³/mol. The number of fused-ring (bicyclic) bond motifs is 1. The Morgan fingerprint density at radius 1 is 0.795 bits per heavy atom. The maximum atomic E-state index is 9.76. The lowest BCUT2D eigenvalue weighted by molar-refractivity contribution is 0.0801. The third kappa shape index (κ3) is 5.87. The number of piperidine rings is 1. The Hall–Kier alpha value is -3.62. The lowest BCUT2D eigenvalue weighted by Gasteiger charge is -2.36. The highest BCUT2D eigenvalue weighted by molar-refractivity contribution is 5.93. The lowest BCUT2D eigenvalue weighted by Crippen LogP contribution is -2.47. The first-order chi connectivity index (χ1) is 19.1. The molecule has 0 saturated carbocycles.